The summed E-state index contributed by atoms with van der Waals surface area (Å²) in [4.78, 5) is 35.6. The number of hydrogen-bond acceptors (Lipinski definition) is 5. The van der Waals surface area contributed by atoms with E-state index in [1.807, 2.05) is 0 Å². The van der Waals surface area contributed by atoms with Gasteiger partial charge in [-0.3, -0.25) is 14.4 Å². The van der Waals surface area contributed by atoms with Crippen LogP contribution in [0.15, 0.2) is 24.3 Å². The standard InChI is InChI=1S/C13H13FN2O4S/c14-7-2-1-3-8(4-7)16-11(17)5-10(12(16)18)21-6-9(15)13(19)20/h1-4,9-10H,5-6,15H2,(H,19,20)/t9-,10+/m0/s1. The van der Waals surface area contributed by atoms with Crippen molar-refractivity contribution in [2.75, 3.05) is 10.7 Å². The number of imide groups is 1. The van der Waals surface area contributed by atoms with Crippen LogP contribution in [0.25, 0.3) is 0 Å². The van der Waals surface area contributed by atoms with Crippen molar-refractivity contribution in [1.82, 2.24) is 0 Å². The van der Waals surface area contributed by atoms with E-state index >= 15 is 0 Å². The molecule has 8 heteroatoms. The Balaban J connectivity index is 2.08. The van der Waals surface area contributed by atoms with Gasteiger partial charge < -0.3 is 10.8 Å². The van der Waals surface area contributed by atoms with Crippen molar-refractivity contribution in [3.63, 3.8) is 0 Å². The van der Waals surface area contributed by atoms with Crippen molar-refractivity contribution in [1.29, 1.82) is 0 Å². The van der Waals surface area contributed by atoms with E-state index in [0.29, 0.717) is 0 Å². The molecule has 2 atom stereocenters. The molecule has 1 aromatic rings. The second kappa shape index (κ2) is 6.23. The average Bonchev–Trinajstić information content (AvgIpc) is 2.70. The summed E-state index contributed by atoms with van der Waals surface area (Å²) in [5, 5.41) is 8.00. The summed E-state index contributed by atoms with van der Waals surface area (Å²) in [6.07, 6.45) is -0.0493. The van der Waals surface area contributed by atoms with Gasteiger partial charge in [0.2, 0.25) is 11.8 Å². The number of halogens is 1. The minimum absolute atomic E-state index is 0.0238. The van der Waals surface area contributed by atoms with E-state index in [0.717, 1.165) is 22.7 Å². The van der Waals surface area contributed by atoms with Crippen molar-refractivity contribution in [2.45, 2.75) is 17.7 Å². The van der Waals surface area contributed by atoms with Gasteiger partial charge in [-0.15, -0.1) is 11.8 Å². The molecule has 0 saturated carbocycles. The molecule has 1 fully saturated rings. The molecule has 2 rings (SSSR count). The smallest absolute Gasteiger partial charge is 0.321 e. The van der Waals surface area contributed by atoms with Gasteiger partial charge in [0.1, 0.15) is 11.9 Å². The normalized spacial score (nSPS) is 19.9. The van der Waals surface area contributed by atoms with Crippen molar-refractivity contribution in [3.8, 4) is 0 Å². The molecule has 0 aromatic heterocycles. The highest BCUT2D eigenvalue weighted by molar-refractivity contribution is 8.00. The molecule has 1 heterocycles. The summed E-state index contributed by atoms with van der Waals surface area (Å²) in [5.74, 6) is -2.60. The molecule has 0 bridgehead atoms. The zero-order valence-electron chi connectivity index (χ0n) is 10.9. The van der Waals surface area contributed by atoms with Gasteiger partial charge in [-0.1, -0.05) is 6.07 Å². The molecule has 0 aliphatic carbocycles. The Hall–Kier alpha value is -1.93. The molecule has 3 N–H and O–H groups in total. The number of nitrogens with zero attached hydrogens (tertiary/aromatic N) is 1. The lowest BCUT2D eigenvalue weighted by Crippen LogP contribution is -2.35. The fourth-order valence-electron chi connectivity index (χ4n) is 1.91. The predicted octanol–water partition coefficient (Wildman–Crippen LogP) is 0.603. The van der Waals surface area contributed by atoms with Crippen LogP contribution >= 0.6 is 11.8 Å². The number of carboxylic acids is 1. The summed E-state index contributed by atoms with van der Waals surface area (Å²) in [5.41, 5.74) is 5.54. The highest BCUT2D eigenvalue weighted by Crippen LogP contribution is 2.30. The number of aliphatic carboxylic acids is 1. The summed E-state index contributed by atoms with van der Waals surface area (Å²) < 4.78 is 13.2. The molecule has 0 radical (unpaired) electrons. The van der Waals surface area contributed by atoms with Crippen molar-refractivity contribution < 1.29 is 23.9 Å². The number of carbonyl (C=O) groups is 3. The number of anilines is 1. The molecule has 1 aliphatic rings. The van der Waals surface area contributed by atoms with Gasteiger partial charge in [0.25, 0.3) is 0 Å². The van der Waals surface area contributed by atoms with Crippen molar-refractivity contribution >= 4 is 35.2 Å². The fourth-order valence-corrected chi connectivity index (χ4v) is 3.00. The number of thioether (sulfide) groups is 1. The Kier molecular flexibility index (Phi) is 4.59. The Labute approximate surface area is 124 Å². The van der Waals surface area contributed by atoms with Crippen LogP contribution in [0, 0.1) is 5.82 Å². The molecule has 2 amide bonds. The van der Waals surface area contributed by atoms with Crippen LogP contribution < -0.4 is 10.6 Å². The highest BCUT2D eigenvalue weighted by atomic mass is 32.2. The first-order chi connectivity index (χ1) is 9.90. The minimum Gasteiger partial charge on any atom is -0.480 e. The van der Waals surface area contributed by atoms with Crippen LogP contribution in [0.3, 0.4) is 0 Å². The second-order valence-corrected chi connectivity index (χ2v) is 5.75. The van der Waals surface area contributed by atoms with Gasteiger partial charge in [0.05, 0.1) is 10.9 Å². The van der Waals surface area contributed by atoms with E-state index < -0.39 is 34.9 Å². The molecular formula is C13H13FN2O4S. The maximum absolute atomic E-state index is 13.2. The maximum Gasteiger partial charge on any atom is 0.321 e. The number of amides is 2. The lowest BCUT2D eigenvalue weighted by molar-refractivity contribution is -0.138. The molecule has 1 aromatic carbocycles. The van der Waals surface area contributed by atoms with E-state index in [1.54, 1.807) is 0 Å². The zero-order chi connectivity index (χ0) is 15.6. The van der Waals surface area contributed by atoms with E-state index in [9.17, 15) is 18.8 Å². The predicted molar refractivity (Wildman–Crippen MR) is 75.4 cm³/mol. The topological polar surface area (TPSA) is 101 Å². The zero-order valence-corrected chi connectivity index (χ0v) is 11.7. The molecular weight excluding hydrogens is 299 g/mol. The number of hydrogen-bond donors (Lipinski definition) is 2. The van der Waals surface area contributed by atoms with E-state index in [2.05, 4.69) is 0 Å². The number of carbonyl (C=O) groups excluding carboxylic acids is 2. The Bertz CT molecular complexity index is 595. The molecule has 112 valence electrons. The first kappa shape index (κ1) is 15.5. The largest absolute Gasteiger partial charge is 0.480 e. The number of rotatable bonds is 5. The first-order valence-corrected chi connectivity index (χ1v) is 7.17. The quantitative estimate of drug-likeness (QED) is 0.772. The molecule has 21 heavy (non-hydrogen) atoms. The number of nitrogens with two attached hydrogens (primary N) is 1. The Morgan fingerprint density at radius 3 is 2.86 bits per heavy atom. The third-order valence-corrected chi connectivity index (χ3v) is 4.29. The average molecular weight is 312 g/mol. The molecule has 1 saturated heterocycles. The highest BCUT2D eigenvalue weighted by Gasteiger charge is 2.40. The van der Waals surface area contributed by atoms with Crippen molar-refractivity contribution in [2.24, 2.45) is 5.73 Å². The minimum atomic E-state index is -1.17. The summed E-state index contributed by atoms with van der Waals surface area (Å²) in [7, 11) is 0. The first-order valence-electron chi connectivity index (χ1n) is 6.12. The van der Waals surface area contributed by atoms with Gasteiger partial charge in [0, 0.05) is 12.2 Å². The maximum atomic E-state index is 13.2. The Morgan fingerprint density at radius 1 is 1.52 bits per heavy atom. The molecule has 0 unspecified atom stereocenters. The van der Waals surface area contributed by atoms with Crippen LogP contribution in [0.4, 0.5) is 10.1 Å². The summed E-state index contributed by atoms with van der Waals surface area (Å²) in [6.45, 7) is 0. The van der Waals surface area contributed by atoms with Crippen LogP contribution in [0.2, 0.25) is 0 Å². The van der Waals surface area contributed by atoms with Crippen LogP contribution in [0.5, 0.6) is 0 Å². The monoisotopic (exact) mass is 312 g/mol. The lowest BCUT2D eigenvalue weighted by Gasteiger charge is -2.15. The third-order valence-electron chi connectivity index (χ3n) is 2.97. The SMILES string of the molecule is N[C@@H](CS[C@@H]1CC(=O)N(c2cccc(F)c2)C1=O)C(=O)O. The van der Waals surface area contributed by atoms with Crippen LogP contribution in [-0.2, 0) is 14.4 Å². The van der Waals surface area contributed by atoms with E-state index in [1.165, 1.54) is 18.2 Å². The second-order valence-electron chi connectivity index (χ2n) is 4.52. The molecule has 0 spiro atoms. The fraction of sp³-hybridized carbons (Fsp3) is 0.308. The summed E-state index contributed by atoms with van der Waals surface area (Å²) in [6, 6.07) is 4.10. The van der Waals surface area contributed by atoms with Gasteiger partial charge >= 0.3 is 5.97 Å². The third kappa shape index (κ3) is 3.40. The number of benzene rings is 1. The summed E-state index contributed by atoms with van der Waals surface area (Å²) >= 11 is 1.02. The lowest BCUT2D eigenvalue weighted by atomic mass is 10.3. The number of carboxylic acid groups (broad SMARTS) is 1. The van der Waals surface area contributed by atoms with Gasteiger partial charge in [-0.25, -0.2) is 9.29 Å². The van der Waals surface area contributed by atoms with Gasteiger partial charge in [0.15, 0.2) is 0 Å². The van der Waals surface area contributed by atoms with Crippen LogP contribution in [-0.4, -0.2) is 39.9 Å². The van der Waals surface area contributed by atoms with Crippen LogP contribution in [0.1, 0.15) is 6.42 Å². The molecule has 1 aliphatic heterocycles. The van der Waals surface area contributed by atoms with Gasteiger partial charge in [-0.2, -0.15) is 0 Å². The van der Waals surface area contributed by atoms with Crippen molar-refractivity contribution in [3.05, 3.63) is 30.1 Å². The Morgan fingerprint density at radius 2 is 2.24 bits per heavy atom. The van der Waals surface area contributed by atoms with E-state index in [-0.39, 0.29) is 17.9 Å². The van der Waals surface area contributed by atoms with Gasteiger partial charge in [-0.05, 0) is 18.2 Å². The molecule has 6 nitrogen and oxygen atoms in total. The van der Waals surface area contributed by atoms with E-state index in [4.69, 9.17) is 10.8 Å².